The quantitative estimate of drug-likeness (QED) is 0.165. The highest BCUT2D eigenvalue weighted by atomic mass is 16.3. The van der Waals surface area contributed by atoms with Gasteiger partial charge in [-0.15, -0.1) is 0 Å². The van der Waals surface area contributed by atoms with Crippen LogP contribution >= 0.6 is 0 Å². The van der Waals surface area contributed by atoms with Crippen molar-refractivity contribution in [3.63, 3.8) is 0 Å². The second-order valence-corrected chi connectivity index (χ2v) is 15.7. The lowest BCUT2D eigenvalue weighted by Crippen LogP contribution is -2.00. The first-order valence-corrected chi connectivity index (χ1v) is 20.8. The summed E-state index contributed by atoms with van der Waals surface area (Å²) in [6, 6.07) is 65.9. The molecular formula is C55H32N6O2. The van der Waals surface area contributed by atoms with Crippen LogP contribution in [0.1, 0.15) is 0 Å². The first kappa shape index (κ1) is 35.0. The minimum absolute atomic E-state index is 0.570. The summed E-state index contributed by atoms with van der Waals surface area (Å²) in [6.45, 7) is 0. The van der Waals surface area contributed by atoms with Gasteiger partial charge in [-0.05, 0) is 78.9 Å². The summed E-state index contributed by atoms with van der Waals surface area (Å²) in [6.07, 6.45) is 0. The van der Waals surface area contributed by atoms with Crippen molar-refractivity contribution in [2.45, 2.75) is 0 Å². The van der Waals surface area contributed by atoms with Gasteiger partial charge in [0, 0.05) is 60.4 Å². The summed E-state index contributed by atoms with van der Waals surface area (Å²) < 4.78 is 15.2. The van der Waals surface area contributed by atoms with E-state index in [1.807, 2.05) is 109 Å². The molecule has 0 unspecified atom stereocenters. The highest BCUT2D eigenvalue weighted by Gasteiger charge is 2.21. The Morgan fingerprint density at radius 1 is 0.317 bits per heavy atom. The third-order valence-corrected chi connectivity index (χ3v) is 11.9. The summed E-state index contributed by atoms with van der Waals surface area (Å²) in [5.41, 5.74) is 12.3. The Morgan fingerprint density at radius 2 is 0.873 bits per heavy atom. The summed E-state index contributed by atoms with van der Waals surface area (Å²) >= 11 is 0. The lowest BCUT2D eigenvalue weighted by molar-refractivity contribution is 0.667. The van der Waals surface area contributed by atoms with Crippen LogP contribution in [-0.2, 0) is 0 Å². The van der Waals surface area contributed by atoms with E-state index < -0.39 is 0 Å². The molecule has 294 valence electrons. The van der Waals surface area contributed by atoms with Crippen molar-refractivity contribution in [2.24, 2.45) is 0 Å². The van der Waals surface area contributed by atoms with Crippen LogP contribution in [0.4, 0.5) is 0 Å². The van der Waals surface area contributed by atoms with Crippen molar-refractivity contribution in [2.75, 3.05) is 0 Å². The number of furan rings is 2. The Hall–Kier alpha value is -8.75. The second-order valence-electron chi connectivity index (χ2n) is 15.7. The van der Waals surface area contributed by atoms with E-state index in [9.17, 15) is 0 Å². The molecule has 0 spiro atoms. The molecular weight excluding hydrogens is 777 g/mol. The molecule has 0 aliphatic carbocycles. The largest absolute Gasteiger partial charge is 0.456 e. The van der Waals surface area contributed by atoms with E-state index in [0.29, 0.717) is 28.9 Å². The predicted octanol–water partition coefficient (Wildman–Crippen LogP) is 13.9. The maximum Gasteiger partial charge on any atom is 0.180 e. The van der Waals surface area contributed by atoms with Crippen LogP contribution in [0, 0.1) is 0 Å². The Bertz CT molecular complexity index is 3910. The van der Waals surface area contributed by atoms with E-state index >= 15 is 0 Å². The topological polar surface area (TPSA) is 95.7 Å². The second kappa shape index (κ2) is 13.9. The zero-order chi connectivity index (χ0) is 41.4. The van der Waals surface area contributed by atoms with Gasteiger partial charge in [-0.2, -0.15) is 0 Å². The SMILES string of the molecule is c1ccc(-c2nc(-c3ccc4oc5cc(-c6nc(-c7ccccc7)c7oc8ccccc8c7n6)ccc5c4c3)nc(-c3ccc4c(c3)c3ccccc3n4-c3ccccc3)n2)cc1. The number of rotatable bonds is 6. The van der Waals surface area contributed by atoms with E-state index in [4.69, 9.17) is 33.8 Å². The van der Waals surface area contributed by atoms with Gasteiger partial charge in [0.05, 0.1) is 11.0 Å². The first-order chi connectivity index (χ1) is 31.2. The molecule has 5 aromatic heterocycles. The number of fused-ring (bicyclic) bond motifs is 9. The molecule has 0 N–H and O–H groups in total. The monoisotopic (exact) mass is 808 g/mol. The Labute approximate surface area is 359 Å². The normalized spacial score (nSPS) is 11.8. The lowest BCUT2D eigenvalue weighted by Gasteiger charge is -2.10. The standard InChI is InChI=1S/C55H32N6O2/c1-4-14-33(15-5-1)49-51-50(41-21-11-13-23-46(41)63-51)57-53(56-49)37-24-27-40-43-31-36(26-29-47(43)62-48(40)32-37)55-59-52(34-16-6-2-7-17-34)58-54(60-55)35-25-28-45-42(30-35)39-20-10-12-22-44(39)61(45)38-18-8-3-9-19-38/h1-32H. The molecule has 0 fully saturated rings. The van der Waals surface area contributed by atoms with E-state index in [1.54, 1.807) is 0 Å². The maximum atomic E-state index is 6.53. The third-order valence-electron chi connectivity index (χ3n) is 11.9. The number of para-hydroxylation sites is 3. The molecule has 0 aliphatic heterocycles. The highest BCUT2D eigenvalue weighted by Crippen LogP contribution is 2.39. The lowest BCUT2D eigenvalue weighted by atomic mass is 10.1. The fourth-order valence-electron chi connectivity index (χ4n) is 8.88. The van der Waals surface area contributed by atoms with Gasteiger partial charge in [-0.25, -0.2) is 24.9 Å². The van der Waals surface area contributed by atoms with Crippen LogP contribution in [0.5, 0.6) is 0 Å². The molecule has 0 saturated heterocycles. The number of nitrogens with zero attached hydrogens (tertiary/aromatic N) is 6. The summed E-state index contributed by atoms with van der Waals surface area (Å²) in [5, 5.41) is 5.15. The fourth-order valence-corrected chi connectivity index (χ4v) is 8.88. The average molecular weight is 809 g/mol. The van der Waals surface area contributed by atoms with Crippen molar-refractivity contribution >= 4 is 65.8 Å². The van der Waals surface area contributed by atoms with Gasteiger partial charge in [0.2, 0.25) is 0 Å². The predicted molar refractivity (Wildman–Crippen MR) is 251 cm³/mol. The number of hydrogen-bond donors (Lipinski definition) is 0. The van der Waals surface area contributed by atoms with Gasteiger partial charge in [-0.1, -0.05) is 115 Å². The van der Waals surface area contributed by atoms with Gasteiger partial charge in [0.15, 0.2) is 28.9 Å². The Balaban J connectivity index is 0.939. The highest BCUT2D eigenvalue weighted by molar-refractivity contribution is 6.11. The van der Waals surface area contributed by atoms with Crippen molar-refractivity contribution in [3.8, 4) is 62.5 Å². The van der Waals surface area contributed by atoms with Crippen molar-refractivity contribution in [1.82, 2.24) is 29.5 Å². The molecule has 0 atom stereocenters. The smallest absolute Gasteiger partial charge is 0.180 e. The van der Waals surface area contributed by atoms with Crippen molar-refractivity contribution in [3.05, 3.63) is 194 Å². The minimum atomic E-state index is 0.570. The summed E-state index contributed by atoms with van der Waals surface area (Å²) in [4.78, 5) is 25.5. The summed E-state index contributed by atoms with van der Waals surface area (Å²) in [5.74, 6) is 2.35. The molecule has 0 bridgehead atoms. The van der Waals surface area contributed by atoms with Crippen LogP contribution in [-0.4, -0.2) is 29.5 Å². The fraction of sp³-hybridized carbons (Fsp3) is 0. The Morgan fingerprint density at radius 3 is 1.65 bits per heavy atom. The molecule has 0 aliphatic rings. The minimum Gasteiger partial charge on any atom is -0.456 e. The van der Waals surface area contributed by atoms with Gasteiger partial charge in [0.25, 0.3) is 0 Å². The zero-order valence-electron chi connectivity index (χ0n) is 33.5. The van der Waals surface area contributed by atoms with Gasteiger partial charge in [-0.3, -0.25) is 0 Å². The molecule has 0 amide bonds. The molecule has 13 aromatic rings. The Kier molecular flexibility index (Phi) is 7.74. The third kappa shape index (κ3) is 5.73. The number of benzene rings is 8. The van der Waals surface area contributed by atoms with Gasteiger partial charge in [0.1, 0.15) is 28.0 Å². The maximum absolute atomic E-state index is 6.53. The molecule has 0 saturated carbocycles. The van der Waals surface area contributed by atoms with Crippen molar-refractivity contribution < 1.29 is 8.83 Å². The van der Waals surface area contributed by atoms with E-state index in [1.165, 1.54) is 0 Å². The van der Waals surface area contributed by atoms with E-state index in [2.05, 4.69) is 89.5 Å². The van der Waals surface area contributed by atoms with E-state index in [0.717, 1.165) is 99.4 Å². The number of aromatic nitrogens is 6. The molecule has 8 heteroatoms. The molecule has 8 aromatic carbocycles. The average Bonchev–Trinajstić information content (AvgIpc) is 4.03. The van der Waals surface area contributed by atoms with Crippen LogP contribution in [0.3, 0.4) is 0 Å². The van der Waals surface area contributed by atoms with Crippen LogP contribution in [0.2, 0.25) is 0 Å². The molecule has 5 heterocycles. The van der Waals surface area contributed by atoms with Gasteiger partial charge < -0.3 is 13.4 Å². The summed E-state index contributed by atoms with van der Waals surface area (Å²) in [7, 11) is 0. The van der Waals surface area contributed by atoms with Crippen LogP contribution in [0.15, 0.2) is 203 Å². The molecule has 8 nitrogen and oxygen atoms in total. The van der Waals surface area contributed by atoms with Crippen LogP contribution < -0.4 is 0 Å². The van der Waals surface area contributed by atoms with Crippen LogP contribution in [0.25, 0.3) is 128 Å². The first-order valence-electron chi connectivity index (χ1n) is 20.8. The number of hydrogen-bond acceptors (Lipinski definition) is 7. The molecule has 0 radical (unpaired) electrons. The molecule has 13 rings (SSSR count). The van der Waals surface area contributed by atoms with Gasteiger partial charge >= 0.3 is 0 Å². The molecule has 63 heavy (non-hydrogen) atoms. The van der Waals surface area contributed by atoms with Crippen molar-refractivity contribution in [1.29, 1.82) is 0 Å². The zero-order valence-corrected chi connectivity index (χ0v) is 33.5. The van der Waals surface area contributed by atoms with E-state index in [-0.39, 0.29) is 0 Å².